The Balaban J connectivity index is 1.64. The summed E-state index contributed by atoms with van der Waals surface area (Å²) in [5.41, 5.74) is 0.611. The third-order valence-electron chi connectivity index (χ3n) is 4.54. The van der Waals surface area contributed by atoms with E-state index in [0.717, 1.165) is 11.6 Å². The zero-order valence-electron chi connectivity index (χ0n) is 15.1. The number of sulfonamides is 1. The van der Waals surface area contributed by atoms with E-state index in [1.807, 2.05) is 42.5 Å². The van der Waals surface area contributed by atoms with E-state index < -0.39 is 20.6 Å². The molecule has 1 fully saturated rings. The Bertz CT molecular complexity index is 972. The van der Waals surface area contributed by atoms with Gasteiger partial charge in [0.1, 0.15) is 0 Å². The number of halogens is 1. The highest BCUT2D eigenvalue weighted by molar-refractivity contribution is 7.89. The largest absolute Gasteiger partial charge is 0.297 e. The second kappa shape index (κ2) is 8.83. The standard InChI is InChI=1S/C19H20ClN3O4S/c20-17-8-9-19(18(15-17)23(24)25)28(26,27)22-13-11-21(12-14-22)10-4-7-16-5-2-1-3-6-16/h1-9,15H,10-14H2/b7-4+. The molecule has 9 heteroatoms. The Morgan fingerprint density at radius 1 is 1.07 bits per heavy atom. The fraction of sp³-hybridized carbons (Fsp3) is 0.263. The van der Waals surface area contributed by atoms with E-state index in [9.17, 15) is 18.5 Å². The van der Waals surface area contributed by atoms with Crippen molar-refractivity contribution in [2.45, 2.75) is 4.90 Å². The van der Waals surface area contributed by atoms with E-state index >= 15 is 0 Å². The molecule has 2 aromatic carbocycles. The van der Waals surface area contributed by atoms with Crippen molar-refractivity contribution in [1.29, 1.82) is 0 Å². The van der Waals surface area contributed by atoms with Crippen molar-refractivity contribution in [1.82, 2.24) is 9.21 Å². The minimum absolute atomic E-state index is 0.126. The normalized spacial score (nSPS) is 16.5. The van der Waals surface area contributed by atoms with Crippen LogP contribution in [0.5, 0.6) is 0 Å². The lowest BCUT2D eigenvalue weighted by Crippen LogP contribution is -2.48. The zero-order chi connectivity index (χ0) is 20.1. The molecular weight excluding hydrogens is 402 g/mol. The van der Waals surface area contributed by atoms with Crippen LogP contribution in [0, 0.1) is 10.1 Å². The van der Waals surface area contributed by atoms with Gasteiger partial charge in [0.15, 0.2) is 4.90 Å². The molecule has 0 N–H and O–H groups in total. The van der Waals surface area contributed by atoms with Crippen LogP contribution in [0.1, 0.15) is 5.56 Å². The summed E-state index contributed by atoms with van der Waals surface area (Å²) in [6.45, 7) is 2.38. The van der Waals surface area contributed by atoms with E-state index in [1.165, 1.54) is 16.4 Å². The van der Waals surface area contributed by atoms with Crippen LogP contribution in [0.3, 0.4) is 0 Å². The average molecular weight is 422 g/mol. The molecule has 0 bridgehead atoms. The van der Waals surface area contributed by atoms with Crippen LogP contribution in [-0.2, 0) is 10.0 Å². The number of hydrogen-bond acceptors (Lipinski definition) is 5. The molecule has 7 nitrogen and oxygen atoms in total. The molecule has 1 aliphatic heterocycles. The fourth-order valence-corrected chi connectivity index (χ4v) is 4.77. The molecule has 0 amide bonds. The first-order chi connectivity index (χ1) is 13.4. The summed E-state index contributed by atoms with van der Waals surface area (Å²) < 4.78 is 27.0. The quantitative estimate of drug-likeness (QED) is 0.528. The molecule has 1 heterocycles. The molecule has 0 spiro atoms. The zero-order valence-corrected chi connectivity index (χ0v) is 16.6. The van der Waals surface area contributed by atoms with Gasteiger partial charge in [0.2, 0.25) is 10.0 Å². The van der Waals surface area contributed by atoms with Crippen LogP contribution < -0.4 is 0 Å². The third kappa shape index (κ3) is 4.77. The molecular formula is C19H20ClN3O4S. The van der Waals surface area contributed by atoms with Crippen molar-refractivity contribution in [3.8, 4) is 0 Å². The van der Waals surface area contributed by atoms with Gasteiger partial charge < -0.3 is 0 Å². The highest BCUT2D eigenvalue weighted by Crippen LogP contribution is 2.30. The van der Waals surface area contributed by atoms with Crippen LogP contribution in [-0.4, -0.2) is 55.3 Å². The number of nitrogens with zero attached hydrogens (tertiary/aromatic N) is 3. The second-order valence-corrected chi connectivity index (χ2v) is 8.73. The molecule has 0 aromatic heterocycles. The lowest BCUT2D eigenvalue weighted by Gasteiger charge is -2.33. The van der Waals surface area contributed by atoms with Crippen LogP contribution in [0.25, 0.3) is 6.08 Å². The average Bonchev–Trinajstić information content (AvgIpc) is 2.69. The topological polar surface area (TPSA) is 83.8 Å². The Kier molecular flexibility index (Phi) is 6.46. The number of hydrogen-bond donors (Lipinski definition) is 0. The minimum Gasteiger partial charge on any atom is -0.297 e. The lowest BCUT2D eigenvalue weighted by molar-refractivity contribution is -0.387. The first-order valence-corrected chi connectivity index (χ1v) is 10.6. The Hall–Kier alpha value is -2.26. The van der Waals surface area contributed by atoms with Crippen molar-refractivity contribution >= 4 is 33.4 Å². The molecule has 1 saturated heterocycles. The summed E-state index contributed by atoms with van der Waals surface area (Å²) in [5, 5.41) is 11.4. The summed E-state index contributed by atoms with van der Waals surface area (Å²) in [5.74, 6) is 0. The van der Waals surface area contributed by atoms with Gasteiger partial charge in [-0.05, 0) is 17.7 Å². The van der Waals surface area contributed by atoms with Crippen molar-refractivity contribution in [3.63, 3.8) is 0 Å². The second-order valence-electron chi connectivity index (χ2n) is 6.39. The highest BCUT2D eigenvalue weighted by atomic mass is 35.5. The van der Waals surface area contributed by atoms with Gasteiger partial charge in [-0.2, -0.15) is 4.31 Å². The van der Waals surface area contributed by atoms with E-state index in [2.05, 4.69) is 4.90 Å². The maximum absolute atomic E-state index is 12.9. The highest BCUT2D eigenvalue weighted by Gasteiger charge is 2.33. The fourth-order valence-electron chi connectivity index (χ4n) is 3.04. The summed E-state index contributed by atoms with van der Waals surface area (Å²) >= 11 is 5.78. The van der Waals surface area contributed by atoms with Crippen LogP contribution in [0.4, 0.5) is 5.69 Å². The lowest BCUT2D eigenvalue weighted by atomic mass is 10.2. The summed E-state index contributed by atoms with van der Waals surface area (Å²) in [7, 11) is -3.95. The van der Waals surface area contributed by atoms with Gasteiger partial charge in [-0.3, -0.25) is 15.0 Å². The maximum atomic E-state index is 12.9. The molecule has 3 rings (SSSR count). The summed E-state index contributed by atoms with van der Waals surface area (Å²) in [6, 6.07) is 13.6. The molecule has 0 atom stereocenters. The summed E-state index contributed by atoms with van der Waals surface area (Å²) in [6.07, 6.45) is 4.07. The molecule has 0 radical (unpaired) electrons. The Morgan fingerprint density at radius 3 is 2.39 bits per heavy atom. The van der Waals surface area contributed by atoms with Crippen molar-refractivity contribution in [2.75, 3.05) is 32.7 Å². The number of rotatable bonds is 6. The monoisotopic (exact) mass is 421 g/mol. The van der Waals surface area contributed by atoms with Crippen molar-refractivity contribution < 1.29 is 13.3 Å². The van der Waals surface area contributed by atoms with Crippen LogP contribution in [0.2, 0.25) is 5.02 Å². The number of benzene rings is 2. The first-order valence-electron chi connectivity index (χ1n) is 8.76. The Morgan fingerprint density at radius 2 is 1.75 bits per heavy atom. The molecule has 148 valence electrons. The predicted octanol–water partition coefficient (Wildman–Crippen LogP) is 3.27. The molecule has 0 aliphatic carbocycles. The number of piperazine rings is 1. The molecule has 0 saturated carbocycles. The van der Waals surface area contributed by atoms with E-state index in [1.54, 1.807) is 0 Å². The smallest absolute Gasteiger partial charge is 0.290 e. The molecule has 1 aliphatic rings. The van der Waals surface area contributed by atoms with E-state index in [0.29, 0.717) is 19.6 Å². The minimum atomic E-state index is -3.95. The molecule has 2 aromatic rings. The SMILES string of the molecule is O=[N+]([O-])c1cc(Cl)ccc1S(=O)(=O)N1CCN(C/C=C/c2ccccc2)CC1. The van der Waals surface area contributed by atoms with Crippen LogP contribution in [0.15, 0.2) is 59.5 Å². The Labute approximate surface area is 169 Å². The van der Waals surface area contributed by atoms with Gasteiger partial charge >= 0.3 is 0 Å². The van der Waals surface area contributed by atoms with Crippen LogP contribution >= 0.6 is 11.6 Å². The van der Waals surface area contributed by atoms with Gasteiger partial charge in [0.25, 0.3) is 5.69 Å². The van der Waals surface area contributed by atoms with Gasteiger partial charge in [-0.25, -0.2) is 8.42 Å². The number of nitro benzene ring substituents is 1. The van der Waals surface area contributed by atoms with Gasteiger partial charge in [-0.1, -0.05) is 54.1 Å². The maximum Gasteiger partial charge on any atom is 0.290 e. The van der Waals surface area contributed by atoms with Gasteiger partial charge in [0.05, 0.1) is 4.92 Å². The van der Waals surface area contributed by atoms with Gasteiger partial charge in [0, 0.05) is 43.8 Å². The molecule has 28 heavy (non-hydrogen) atoms. The number of nitro groups is 1. The van der Waals surface area contributed by atoms with Crippen molar-refractivity contribution in [3.05, 3.63) is 75.3 Å². The van der Waals surface area contributed by atoms with Gasteiger partial charge in [-0.15, -0.1) is 0 Å². The molecule has 0 unspecified atom stereocenters. The predicted molar refractivity (Wildman–Crippen MR) is 109 cm³/mol. The first kappa shape index (κ1) is 20.5. The van der Waals surface area contributed by atoms with Crippen molar-refractivity contribution in [2.24, 2.45) is 0 Å². The van der Waals surface area contributed by atoms with E-state index in [-0.39, 0.29) is 23.0 Å². The summed E-state index contributed by atoms with van der Waals surface area (Å²) in [4.78, 5) is 12.3. The van der Waals surface area contributed by atoms with E-state index in [4.69, 9.17) is 11.6 Å². The third-order valence-corrected chi connectivity index (χ3v) is 6.72.